The lowest BCUT2D eigenvalue weighted by Crippen LogP contribution is -2.38. The maximum absolute atomic E-state index is 9.17. The number of likely N-dealkylation sites (N-methyl/N-ethyl adjacent to an activating group) is 1. The first-order valence-corrected chi connectivity index (χ1v) is 6.27. The summed E-state index contributed by atoms with van der Waals surface area (Å²) in [5, 5.41) is 9.17. The molecule has 18 heavy (non-hydrogen) atoms. The molecule has 1 aromatic heterocycles. The van der Waals surface area contributed by atoms with Gasteiger partial charge in [-0.15, -0.1) is 0 Å². The SMILES string of the molecule is Cc1ncc(C#N)c(N2CCCC2CN(C)C)n1. The molecule has 0 spiro atoms. The molecule has 2 heterocycles. The molecule has 1 aliphatic heterocycles. The molecule has 2 rings (SSSR count). The highest BCUT2D eigenvalue weighted by Crippen LogP contribution is 2.26. The number of rotatable bonds is 3. The van der Waals surface area contributed by atoms with Gasteiger partial charge in [-0.25, -0.2) is 9.97 Å². The van der Waals surface area contributed by atoms with E-state index >= 15 is 0 Å². The number of aryl methyl sites for hydroxylation is 1. The lowest BCUT2D eigenvalue weighted by atomic mass is 10.2. The molecule has 0 aliphatic carbocycles. The molecular weight excluding hydrogens is 226 g/mol. The first-order valence-electron chi connectivity index (χ1n) is 6.27. The van der Waals surface area contributed by atoms with Crippen LogP contribution in [0, 0.1) is 18.3 Å². The first kappa shape index (κ1) is 12.8. The van der Waals surface area contributed by atoms with Crippen molar-refractivity contribution < 1.29 is 0 Å². The Balaban J connectivity index is 2.30. The van der Waals surface area contributed by atoms with E-state index in [1.165, 1.54) is 0 Å². The third kappa shape index (κ3) is 2.59. The van der Waals surface area contributed by atoms with Crippen LogP contribution in [0.15, 0.2) is 6.20 Å². The quantitative estimate of drug-likeness (QED) is 0.800. The average molecular weight is 245 g/mol. The van der Waals surface area contributed by atoms with Crippen LogP contribution in [0.25, 0.3) is 0 Å². The van der Waals surface area contributed by atoms with Crippen molar-refractivity contribution in [1.29, 1.82) is 5.26 Å². The molecule has 1 aromatic rings. The summed E-state index contributed by atoms with van der Waals surface area (Å²) in [5.74, 6) is 1.52. The Morgan fingerprint density at radius 3 is 3.00 bits per heavy atom. The van der Waals surface area contributed by atoms with Gasteiger partial charge < -0.3 is 9.80 Å². The van der Waals surface area contributed by atoms with E-state index in [0.717, 1.165) is 37.6 Å². The summed E-state index contributed by atoms with van der Waals surface area (Å²) in [6, 6.07) is 2.64. The van der Waals surface area contributed by atoms with Crippen molar-refractivity contribution in [3.8, 4) is 6.07 Å². The van der Waals surface area contributed by atoms with Crippen LogP contribution < -0.4 is 4.90 Å². The van der Waals surface area contributed by atoms with Gasteiger partial charge >= 0.3 is 0 Å². The van der Waals surface area contributed by atoms with E-state index in [9.17, 15) is 5.26 Å². The Bertz CT molecular complexity index is 463. The average Bonchev–Trinajstić information content (AvgIpc) is 2.76. The highest BCUT2D eigenvalue weighted by atomic mass is 15.3. The minimum absolute atomic E-state index is 0.446. The predicted molar refractivity (Wildman–Crippen MR) is 70.4 cm³/mol. The standard InChI is InChI=1S/C13H19N5/c1-10-15-8-11(7-14)13(16-10)18-6-4-5-12(18)9-17(2)3/h8,12H,4-6,9H2,1-3H3. The summed E-state index contributed by atoms with van der Waals surface area (Å²) in [7, 11) is 4.15. The molecule has 0 radical (unpaired) electrons. The summed E-state index contributed by atoms with van der Waals surface area (Å²) in [6.45, 7) is 3.83. The van der Waals surface area contributed by atoms with Crippen molar-refractivity contribution in [3.05, 3.63) is 17.6 Å². The minimum Gasteiger partial charge on any atom is -0.351 e. The molecule has 96 valence electrons. The topological polar surface area (TPSA) is 56.1 Å². The number of aromatic nitrogens is 2. The highest BCUT2D eigenvalue weighted by Gasteiger charge is 2.28. The van der Waals surface area contributed by atoms with Crippen LogP contribution in [0.2, 0.25) is 0 Å². The van der Waals surface area contributed by atoms with E-state index in [0.29, 0.717) is 11.6 Å². The van der Waals surface area contributed by atoms with Gasteiger partial charge in [-0.1, -0.05) is 0 Å². The van der Waals surface area contributed by atoms with Gasteiger partial charge in [0.05, 0.1) is 6.20 Å². The van der Waals surface area contributed by atoms with E-state index < -0.39 is 0 Å². The first-order chi connectivity index (χ1) is 8.61. The van der Waals surface area contributed by atoms with Crippen LogP contribution in [0.3, 0.4) is 0 Å². The highest BCUT2D eigenvalue weighted by molar-refractivity contribution is 5.54. The molecule has 1 aliphatic rings. The molecule has 0 aromatic carbocycles. The van der Waals surface area contributed by atoms with Crippen molar-refractivity contribution in [1.82, 2.24) is 14.9 Å². The molecule has 1 saturated heterocycles. The second-order valence-electron chi connectivity index (χ2n) is 5.02. The van der Waals surface area contributed by atoms with Crippen LogP contribution in [0.1, 0.15) is 24.2 Å². The third-order valence-corrected chi connectivity index (χ3v) is 3.23. The smallest absolute Gasteiger partial charge is 0.150 e. The lowest BCUT2D eigenvalue weighted by Gasteiger charge is -2.28. The van der Waals surface area contributed by atoms with Crippen LogP contribution in [-0.4, -0.2) is 48.1 Å². The van der Waals surface area contributed by atoms with Gasteiger partial charge in [0.2, 0.25) is 0 Å². The fourth-order valence-electron chi connectivity index (χ4n) is 2.48. The van der Waals surface area contributed by atoms with E-state index in [1.54, 1.807) is 6.20 Å². The number of nitrogens with zero attached hydrogens (tertiary/aromatic N) is 5. The fourth-order valence-corrected chi connectivity index (χ4v) is 2.48. The summed E-state index contributed by atoms with van der Waals surface area (Å²) in [4.78, 5) is 13.0. The molecule has 1 unspecified atom stereocenters. The maximum Gasteiger partial charge on any atom is 0.150 e. The Labute approximate surface area is 108 Å². The van der Waals surface area contributed by atoms with Crippen molar-refractivity contribution in [2.45, 2.75) is 25.8 Å². The Morgan fingerprint density at radius 1 is 1.56 bits per heavy atom. The summed E-state index contributed by atoms with van der Waals surface area (Å²) in [6.07, 6.45) is 3.95. The van der Waals surface area contributed by atoms with Crippen LogP contribution in [-0.2, 0) is 0 Å². The zero-order valence-electron chi connectivity index (χ0n) is 11.2. The Kier molecular flexibility index (Phi) is 3.78. The molecule has 5 heteroatoms. The third-order valence-electron chi connectivity index (χ3n) is 3.23. The molecular formula is C13H19N5. The molecule has 1 fully saturated rings. The molecule has 0 saturated carbocycles. The monoisotopic (exact) mass is 245 g/mol. The van der Waals surface area contributed by atoms with Gasteiger partial charge in [0, 0.05) is 19.1 Å². The fraction of sp³-hybridized carbons (Fsp3) is 0.615. The van der Waals surface area contributed by atoms with E-state index in [-0.39, 0.29) is 0 Å². The lowest BCUT2D eigenvalue weighted by molar-refractivity contribution is 0.371. The second-order valence-corrected chi connectivity index (χ2v) is 5.02. The van der Waals surface area contributed by atoms with Crippen LogP contribution in [0.5, 0.6) is 0 Å². The molecule has 0 N–H and O–H groups in total. The van der Waals surface area contributed by atoms with Gasteiger partial charge in [0.15, 0.2) is 5.82 Å². The van der Waals surface area contributed by atoms with Gasteiger partial charge in [-0.3, -0.25) is 0 Å². The summed E-state index contributed by atoms with van der Waals surface area (Å²) < 4.78 is 0. The zero-order chi connectivity index (χ0) is 13.1. The van der Waals surface area contributed by atoms with Crippen LogP contribution in [0.4, 0.5) is 5.82 Å². The molecule has 5 nitrogen and oxygen atoms in total. The molecule has 0 bridgehead atoms. The Morgan fingerprint density at radius 2 is 2.33 bits per heavy atom. The number of hydrogen-bond donors (Lipinski definition) is 0. The largest absolute Gasteiger partial charge is 0.351 e. The maximum atomic E-state index is 9.17. The molecule has 0 amide bonds. The van der Waals surface area contributed by atoms with E-state index in [2.05, 4.69) is 39.9 Å². The van der Waals surface area contributed by atoms with Crippen molar-refractivity contribution in [3.63, 3.8) is 0 Å². The summed E-state index contributed by atoms with van der Waals surface area (Å²) in [5.41, 5.74) is 0.575. The van der Waals surface area contributed by atoms with E-state index in [4.69, 9.17) is 0 Å². The number of anilines is 1. The number of hydrogen-bond acceptors (Lipinski definition) is 5. The number of nitriles is 1. The zero-order valence-corrected chi connectivity index (χ0v) is 11.2. The van der Waals surface area contributed by atoms with Gasteiger partial charge in [-0.2, -0.15) is 5.26 Å². The Hall–Kier alpha value is -1.67. The summed E-state index contributed by atoms with van der Waals surface area (Å²) >= 11 is 0. The van der Waals surface area contributed by atoms with Gasteiger partial charge in [0.25, 0.3) is 0 Å². The van der Waals surface area contributed by atoms with Crippen molar-refractivity contribution >= 4 is 5.82 Å². The van der Waals surface area contributed by atoms with Crippen LogP contribution >= 0.6 is 0 Å². The van der Waals surface area contributed by atoms with Gasteiger partial charge in [-0.05, 0) is 33.9 Å². The van der Waals surface area contributed by atoms with E-state index in [1.807, 2.05) is 6.92 Å². The molecule has 1 atom stereocenters. The van der Waals surface area contributed by atoms with Gasteiger partial charge in [0.1, 0.15) is 17.5 Å². The normalized spacial score (nSPS) is 19.3. The second kappa shape index (κ2) is 5.32. The predicted octanol–water partition coefficient (Wildman–Crippen LogP) is 1.19. The van der Waals surface area contributed by atoms with Crippen molar-refractivity contribution in [2.24, 2.45) is 0 Å². The minimum atomic E-state index is 0.446. The van der Waals surface area contributed by atoms with Crippen molar-refractivity contribution in [2.75, 3.05) is 32.1 Å².